The predicted octanol–water partition coefficient (Wildman–Crippen LogP) is 5.83. The third-order valence-corrected chi connectivity index (χ3v) is 5.14. The van der Waals surface area contributed by atoms with E-state index in [1.54, 1.807) is 0 Å². The minimum absolute atomic E-state index is 0.594. The molecule has 2 aromatic rings. The zero-order valence-electron chi connectivity index (χ0n) is 14.6. The Morgan fingerprint density at radius 3 is 2.80 bits per heavy atom. The van der Waals surface area contributed by atoms with Gasteiger partial charge in [0.25, 0.3) is 0 Å². The van der Waals surface area contributed by atoms with Crippen LogP contribution < -0.4 is 0 Å². The molecule has 0 N–H and O–H groups in total. The average Bonchev–Trinajstić information content (AvgIpc) is 3.25. The van der Waals surface area contributed by atoms with Crippen LogP contribution in [0.15, 0.2) is 66.3 Å². The molecule has 0 fully saturated rings. The highest BCUT2D eigenvalue weighted by Crippen LogP contribution is 2.34. The molecule has 4 rings (SSSR count). The molecule has 0 spiro atoms. The molecular formula is C25H22. The van der Waals surface area contributed by atoms with E-state index in [2.05, 4.69) is 67.5 Å². The third-order valence-electron chi connectivity index (χ3n) is 5.14. The number of allylic oxidation sites excluding steroid dienone is 5. The number of terminal acetylenes is 1. The molecule has 0 saturated carbocycles. The topological polar surface area (TPSA) is 0 Å². The summed E-state index contributed by atoms with van der Waals surface area (Å²) in [5.41, 5.74) is 9.13. The van der Waals surface area contributed by atoms with Crippen LogP contribution in [0.5, 0.6) is 0 Å². The molecular weight excluding hydrogens is 300 g/mol. The summed E-state index contributed by atoms with van der Waals surface area (Å²) in [4.78, 5) is 0. The van der Waals surface area contributed by atoms with Crippen LogP contribution in [0, 0.1) is 18.3 Å². The van der Waals surface area contributed by atoms with Crippen LogP contribution in [-0.2, 0) is 12.8 Å². The summed E-state index contributed by atoms with van der Waals surface area (Å²) in [6, 6.07) is 15.1. The maximum absolute atomic E-state index is 5.67. The molecule has 0 nitrogen and oxygen atoms in total. The summed E-state index contributed by atoms with van der Waals surface area (Å²) >= 11 is 0. The van der Waals surface area contributed by atoms with Crippen molar-refractivity contribution in [3.63, 3.8) is 0 Å². The summed E-state index contributed by atoms with van der Waals surface area (Å²) in [6.07, 6.45) is 18.1. The first-order valence-corrected chi connectivity index (χ1v) is 9.00. The SMILES string of the molecule is C#Cc1ccccc1C1=Cc2cc(CCC3=CC(C)C=C3)ccc2C1. The van der Waals surface area contributed by atoms with Crippen LogP contribution in [0.1, 0.15) is 41.2 Å². The second kappa shape index (κ2) is 6.61. The highest BCUT2D eigenvalue weighted by Gasteiger charge is 2.16. The zero-order chi connectivity index (χ0) is 17.2. The number of hydrogen-bond acceptors (Lipinski definition) is 0. The second-order valence-electron chi connectivity index (χ2n) is 7.03. The molecule has 0 bridgehead atoms. The maximum atomic E-state index is 5.67. The van der Waals surface area contributed by atoms with Gasteiger partial charge >= 0.3 is 0 Å². The molecule has 0 aliphatic heterocycles. The van der Waals surface area contributed by atoms with Crippen molar-refractivity contribution < 1.29 is 0 Å². The van der Waals surface area contributed by atoms with E-state index in [1.807, 2.05) is 12.1 Å². The van der Waals surface area contributed by atoms with Gasteiger partial charge in [0.1, 0.15) is 0 Å². The van der Waals surface area contributed by atoms with E-state index in [-0.39, 0.29) is 0 Å². The highest BCUT2D eigenvalue weighted by molar-refractivity contribution is 5.90. The van der Waals surface area contributed by atoms with Gasteiger partial charge in [-0.3, -0.25) is 0 Å². The van der Waals surface area contributed by atoms with Gasteiger partial charge in [0.05, 0.1) is 0 Å². The lowest BCUT2D eigenvalue weighted by atomic mass is 9.98. The number of benzene rings is 2. The van der Waals surface area contributed by atoms with Gasteiger partial charge in [0.15, 0.2) is 0 Å². The minimum Gasteiger partial charge on any atom is -0.115 e. The number of hydrogen-bond donors (Lipinski definition) is 0. The zero-order valence-corrected chi connectivity index (χ0v) is 14.6. The molecule has 25 heavy (non-hydrogen) atoms. The largest absolute Gasteiger partial charge is 0.115 e. The van der Waals surface area contributed by atoms with Gasteiger partial charge in [-0.25, -0.2) is 0 Å². The van der Waals surface area contributed by atoms with Gasteiger partial charge in [0.2, 0.25) is 0 Å². The van der Waals surface area contributed by atoms with E-state index in [4.69, 9.17) is 6.42 Å². The molecule has 2 aliphatic carbocycles. The van der Waals surface area contributed by atoms with Gasteiger partial charge in [0, 0.05) is 5.56 Å². The normalized spacial score (nSPS) is 17.8. The van der Waals surface area contributed by atoms with E-state index in [9.17, 15) is 0 Å². The Kier molecular flexibility index (Phi) is 4.16. The summed E-state index contributed by atoms with van der Waals surface area (Å²) in [6.45, 7) is 2.24. The Labute approximate surface area is 150 Å². The molecule has 2 aromatic carbocycles. The first kappa shape index (κ1) is 15.7. The molecule has 0 amide bonds. The Morgan fingerprint density at radius 2 is 2.00 bits per heavy atom. The molecule has 0 heteroatoms. The average molecular weight is 322 g/mol. The number of aryl methyl sites for hydroxylation is 1. The second-order valence-corrected chi connectivity index (χ2v) is 7.03. The third kappa shape index (κ3) is 3.24. The van der Waals surface area contributed by atoms with Gasteiger partial charge < -0.3 is 0 Å². The van der Waals surface area contributed by atoms with Crippen molar-refractivity contribution in [3.8, 4) is 12.3 Å². The standard InChI is InChI=1S/C25H22/c1-3-21-6-4-5-7-25(21)24-16-22-13-12-20(15-23(22)17-24)11-10-19-9-8-18(2)14-19/h1,4-9,12-15,17-18H,10-11,16H2,2H3. The van der Waals surface area contributed by atoms with Crippen molar-refractivity contribution in [3.05, 3.63) is 94.1 Å². The monoisotopic (exact) mass is 322 g/mol. The van der Waals surface area contributed by atoms with Crippen LogP contribution in [0.25, 0.3) is 11.6 Å². The van der Waals surface area contributed by atoms with Crippen molar-refractivity contribution in [2.24, 2.45) is 5.92 Å². The van der Waals surface area contributed by atoms with Crippen LogP contribution in [0.2, 0.25) is 0 Å². The fourth-order valence-corrected chi connectivity index (χ4v) is 3.78. The summed E-state index contributed by atoms with van der Waals surface area (Å²) in [7, 11) is 0. The molecule has 0 saturated heterocycles. The summed E-state index contributed by atoms with van der Waals surface area (Å²) < 4.78 is 0. The predicted molar refractivity (Wildman–Crippen MR) is 107 cm³/mol. The number of fused-ring (bicyclic) bond motifs is 1. The molecule has 2 aliphatic rings. The van der Waals surface area contributed by atoms with Gasteiger partial charge in [-0.1, -0.05) is 79.1 Å². The van der Waals surface area contributed by atoms with E-state index in [0.717, 1.165) is 24.8 Å². The van der Waals surface area contributed by atoms with Crippen molar-refractivity contribution in [2.75, 3.05) is 0 Å². The van der Waals surface area contributed by atoms with Crippen LogP contribution in [-0.4, -0.2) is 0 Å². The van der Waals surface area contributed by atoms with E-state index < -0.39 is 0 Å². The lowest BCUT2D eigenvalue weighted by Crippen LogP contribution is -1.91. The first-order valence-electron chi connectivity index (χ1n) is 9.00. The van der Waals surface area contributed by atoms with Crippen LogP contribution in [0.4, 0.5) is 0 Å². The fraction of sp³-hybridized carbons (Fsp3) is 0.200. The van der Waals surface area contributed by atoms with Crippen LogP contribution in [0.3, 0.4) is 0 Å². The van der Waals surface area contributed by atoms with Crippen molar-refractivity contribution in [1.82, 2.24) is 0 Å². The van der Waals surface area contributed by atoms with E-state index in [0.29, 0.717) is 5.92 Å². The molecule has 0 heterocycles. The summed E-state index contributed by atoms with van der Waals surface area (Å²) in [5, 5.41) is 0. The highest BCUT2D eigenvalue weighted by atomic mass is 14.2. The Hall–Kier alpha value is -2.78. The van der Waals surface area contributed by atoms with E-state index >= 15 is 0 Å². The Bertz CT molecular complexity index is 944. The molecule has 0 aromatic heterocycles. The first-order chi connectivity index (χ1) is 12.2. The van der Waals surface area contributed by atoms with Gasteiger partial charge in [-0.15, -0.1) is 6.42 Å². The molecule has 0 radical (unpaired) electrons. The quantitative estimate of drug-likeness (QED) is 0.621. The fourth-order valence-electron chi connectivity index (χ4n) is 3.78. The smallest absolute Gasteiger partial charge is 0.0317 e. The van der Waals surface area contributed by atoms with Crippen molar-refractivity contribution >= 4 is 11.6 Å². The molecule has 122 valence electrons. The van der Waals surface area contributed by atoms with Crippen molar-refractivity contribution in [1.29, 1.82) is 0 Å². The Morgan fingerprint density at radius 1 is 1.12 bits per heavy atom. The molecule has 1 atom stereocenters. The number of rotatable bonds is 4. The van der Waals surface area contributed by atoms with E-state index in [1.165, 1.54) is 33.4 Å². The van der Waals surface area contributed by atoms with Crippen LogP contribution >= 0.6 is 0 Å². The van der Waals surface area contributed by atoms with Gasteiger partial charge in [-0.2, -0.15) is 0 Å². The Balaban J connectivity index is 1.54. The minimum atomic E-state index is 0.594. The van der Waals surface area contributed by atoms with Gasteiger partial charge in [-0.05, 0) is 59.1 Å². The molecule has 1 unspecified atom stereocenters. The maximum Gasteiger partial charge on any atom is 0.0317 e. The lowest BCUT2D eigenvalue weighted by Gasteiger charge is -2.06. The summed E-state index contributed by atoms with van der Waals surface area (Å²) in [5.74, 6) is 3.41. The van der Waals surface area contributed by atoms with Crippen molar-refractivity contribution in [2.45, 2.75) is 26.2 Å². The lowest BCUT2D eigenvalue weighted by molar-refractivity contribution is 0.926.